The molecule has 1 saturated heterocycles. The SMILES string of the molecule is CS(=O)(=O)N1CCC(c2c(/C=C/C(=O)O)c(-c3ccc(Oc4ccccc4)cc3)c3c(N)ncnn23)CC1. The third kappa shape index (κ3) is 5.11. The van der Waals surface area contributed by atoms with Gasteiger partial charge in [-0.3, -0.25) is 0 Å². The standard InChI is InChI=1S/C27H27N5O5S/c1-38(35,36)31-15-13-19(14-16-31)25-22(11-12-23(33)34)24(26-27(28)29-17-30-32(25)26)18-7-9-21(10-8-18)37-20-5-3-2-4-6-20/h2-12,17,19H,13-16H2,1H3,(H,33,34)(H2,28,29,30)/b12-11+. The lowest BCUT2D eigenvalue weighted by atomic mass is 9.90. The van der Waals surface area contributed by atoms with Crippen molar-refractivity contribution >= 4 is 33.4 Å². The predicted octanol–water partition coefficient (Wildman–Crippen LogP) is 4.01. The fourth-order valence-corrected chi connectivity index (χ4v) is 5.81. The molecule has 1 aliphatic rings. The summed E-state index contributed by atoms with van der Waals surface area (Å²) in [6, 6.07) is 16.9. The number of benzene rings is 2. The van der Waals surface area contributed by atoms with E-state index in [9.17, 15) is 18.3 Å². The number of para-hydroxylation sites is 1. The van der Waals surface area contributed by atoms with E-state index in [0.717, 1.165) is 17.3 Å². The summed E-state index contributed by atoms with van der Waals surface area (Å²) in [5, 5.41) is 13.9. The Kier molecular flexibility index (Phi) is 6.87. The molecule has 2 aromatic carbocycles. The summed E-state index contributed by atoms with van der Waals surface area (Å²) in [6.45, 7) is 0.723. The van der Waals surface area contributed by atoms with Gasteiger partial charge in [-0.2, -0.15) is 5.10 Å². The number of nitrogens with zero attached hydrogens (tertiary/aromatic N) is 4. The number of aliphatic carboxylic acids is 1. The minimum absolute atomic E-state index is 0.0716. The summed E-state index contributed by atoms with van der Waals surface area (Å²) in [7, 11) is -3.30. The number of nitrogens with two attached hydrogens (primary N) is 1. The van der Waals surface area contributed by atoms with Gasteiger partial charge >= 0.3 is 5.97 Å². The summed E-state index contributed by atoms with van der Waals surface area (Å²) in [5.41, 5.74) is 9.84. The number of nitrogen functional groups attached to an aromatic ring is 1. The molecule has 0 saturated carbocycles. The first-order valence-corrected chi connectivity index (χ1v) is 13.9. The maximum Gasteiger partial charge on any atom is 0.328 e. The highest BCUT2D eigenvalue weighted by Crippen LogP contribution is 2.42. The third-order valence-corrected chi connectivity index (χ3v) is 7.96. The minimum atomic E-state index is -3.30. The number of carboxylic acids is 1. The van der Waals surface area contributed by atoms with Gasteiger partial charge < -0.3 is 15.6 Å². The number of anilines is 1. The van der Waals surface area contributed by atoms with Gasteiger partial charge in [-0.25, -0.2) is 27.0 Å². The summed E-state index contributed by atoms with van der Waals surface area (Å²) in [4.78, 5) is 15.7. The van der Waals surface area contributed by atoms with Crippen LogP contribution in [-0.4, -0.2) is 57.7 Å². The highest BCUT2D eigenvalue weighted by Gasteiger charge is 2.31. The van der Waals surface area contributed by atoms with E-state index >= 15 is 0 Å². The average Bonchev–Trinajstić information content (AvgIpc) is 3.23. The van der Waals surface area contributed by atoms with E-state index in [4.69, 9.17) is 10.5 Å². The number of rotatable bonds is 7. The van der Waals surface area contributed by atoms with E-state index < -0.39 is 16.0 Å². The lowest BCUT2D eigenvalue weighted by molar-refractivity contribution is -0.131. The molecule has 3 N–H and O–H groups in total. The lowest BCUT2D eigenvalue weighted by Crippen LogP contribution is -2.37. The van der Waals surface area contributed by atoms with Crippen molar-refractivity contribution in [3.05, 3.63) is 78.3 Å². The predicted molar refractivity (Wildman–Crippen MR) is 144 cm³/mol. The van der Waals surface area contributed by atoms with Gasteiger partial charge in [-0.15, -0.1) is 0 Å². The van der Waals surface area contributed by atoms with E-state index in [1.165, 1.54) is 16.9 Å². The van der Waals surface area contributed by atoms with Crippen LogP contribution < -0.4 is 10.5 Å². The quantitative estimate of drug-likeness (QED) is 0.340. The van der Waals surface area contributed by atoms with Crippen LogP contribution in [0.3, 0.4) is 0 Å². The maximum absolute atomic E-state index is 12.1. The van der Waals surface area contributed by atoms with Crippen LogP contribution in [0.5, 0.6) is 11.5 Å². The molecular weight excluding hydrogens is 506 g/mol. The molecule has 0 atom stereocenters. The molecule has 0 spiro atoms. The summed E-state index contributed by atoms with van der Waals surface area (Å²) >= 11 is 0. The van der Waals surface area contributed by atoms with Crippen LogP contribution in [0.15, 0.2) is 67.0 Å². The van der Waals surface area contributed by atoms with Crippen molar-refractivity contribution in [2.45, 2.75) is 18.8 Å². The number of carbonyl (C=O) groups is 1. The van der Waals surface area contributed by atoms with E-state index in [-0.39, 0.29) is 11.7 Å². The Morgan fingerprint density at radius 1 is 1.08 bits per heavy atom. The number of hydrogen-bond acceptors (Lipinski definition) is 7. The molecule has 4 aromatic rings. The molecule has 1 fully saturated rings. The molecule has 10 nitrogen and oxygen atoms in total. The zero-order valence-electron chi connectivity index (χ0n) is 20.7. The Morgan fingerprint density at radius 3 is 2.37 bits per heavy atom. The van der Waals surface area contributed by atoms with Crippen LogP contribution in [0.1, 0.15) is 30.0 Å². The monoisotopic (exact) mass is 533 g/mol. The van der Waals surface area contributed by atoms with E-state index in [2.05, 4.69) is 10.1 Å². The van der Waals surface area contributed by atoms with Gasteiger partial charge in [0.25, 0.3) is 0 Å². The number of sulfonamides is 1. The highest BCUT2D eigenvalue weighted by molar-refractivity contribution is 7.88. The lowest BCUT2D eigenvalue weighted by Gasteiger charge is -2.30. The Morgan fingerprint density at radius 2 is 1.74 bits per heavy atom. The largest absolute Gasteiger partial charge is 0.478 e. The smallest absolute Gasteiger partial charge is 0.328 e. The van der Waals surface area contributed by atoms with Crippen molar-refractivity contribution in [1.82, 2.24) is 18.9 Å². The Labute approximate surface area is 220 Å². The molecule has 38 heavy (non-hydrogen) atoms. The molecule has 0 bridgehead atoms. The van der Waals surface area contributed by atoms with Gasteiger partial charge in [0.05, 0.1) is 11.9 Å². The van der Waals surface area contributed by atoms with Crippen LogP contribution in [0, 0.1) is 0 Å². The number of ether oxygens (including phenoxy) is 1. The van der Waals surface area contributed by atoms with E-state index in [1.54, 1.807) is 10.6 Å². The van der Waals surface area contributed by atoms with Crippen molar-refractivity contribution < 1.29 is 23.1 Å². The molecule has 11 heteroatoms. The first-order chi connectivity index (χ1) is 18.2. The summed E-state index contributed by atoms with van der Waals surface area (Å²) < 4.78 is 33.2. The molecule has 0 radical (unpaired) electrons. The second-order valence-corrected chi connectivity index (χ2v) is 11.1. The zero-order chi connectivity index (χ0) is 26.9. The van der Waals surface area contributed by atoms with Gasteiger partial charge in [-0.05, 0) is 48.7 Å². The van der Waals surface area contributed by atoms with Gasteiger partial charge in [0, 0.05) is 36.2 Å². The Bertz CT molecular complexity index is 1610. The second-order valence-electron chi connectivity index (χ2n) is 9.13. The van der Waals surface area contributed by atoms with Crippen molar-refractivity contribution in [3.8, 4) is 22.6 Å². The fourth-order valence-electron chi connectivity index (χ4n) is 4.94. The fraction of sp³-hybridized carbons (Fsp3) is 0.222. The molecule has 3 heterocycles. The molecule has 2 aromatic heterocycles. The van der Waals surface area contributed by atoms with Crippen molar-refractivity contribution in [3.63, 3.8) is 0 Å². The third-order valence-electron chi connectivity index (χ3n) is 6.65. The van der Waals surface area contributed by atoms with Crippen LogP contribution in [0.25, 0.3) is 22.7 Å². The van der Waals surface area contributed by atoms with Gasteiger partial charge in [-0.1, -0.05) is 30.3 Å². The minimum Gasteiger partial charge on any atom is -0.478 e. The number of aromatic nitrogens is 3. The molecule has 5 rings (SSSR count). The molecule has 196 valence electrons. The summed E-state index contributed by atoms with van der Waals surface area (Å²) in [5.74, 6) is 0.445. The van der Waals surface area contributed by atoms with Gasteiger partial charge in [0.1, 0.15) is 23.3 Å². The average molecular weight is 534 g/mol. The molecule has 0 amide bonds. The van der Waals surface area contributed by atoms with E-state index in [1.807, 2.05) is 54.6 Å². The topological polar surface area (TPSA) is 140 Å². The molecule has 0 aliphatic carbocycles. The van der Waals surface area contributed by atoms with E-state index in [0.29, 0.717) is 54.1 Å². The highest BCUT2D eigenvalue weighted by atomic mass is 32.2. The Hall–Kier alpha value is -4.22. The first kappa shape index (κ1) is 25.4. The van der Waals surface area contributed by atoms with Crippen LogP contribution >= 0.6 is 0 Å². The second kappa shape index (κ2) is 10.3. The normalized spacial score (nSPS) is 15.3. The van der Waals surface area contributed by atoms with Gasteiger partial charge in [0.15, 0.2) is 5.82 Å². The summed E-state index contributed by atoms with van der Waals surface area (Å²) in [6.07, 6.45) is 6.32. The molecular formula is C27H27N5O5S. The van der Waals surface area contributed by atoms with Crippen LogP contribution in [0.4, 0.5) is 5.82 Å². The van der Waals surface area contributed by atoms with Crippen LogP contribution in [-0.2, 0) is 14.8 Å². The number of carboxylic acid groups (broad SMARTS) is 1. The van der Waals surface area contributed by atoms with Gasteiger partial charge in [0.2, 0.25) is 10.0 Å². The molecule has 1 aliphatic heterocycles. The number of hydrogen-bond donors (Lipinski definition) is 2. The van der Waals surface area contributed by atoms with Crippen molar-refractivity contribution in [2.24, 2.45) is 0 Å². The first-order valence-electron chi connectivity index (χ1n) is 12.1. The maximum atomic E-state index is 12.1. The number of piperidine rings is 1. The van der Waals surface area contributed by atoms with Crippen LogP contribution in [0.2, 0.25) is 0 Å². The van der Waals surface area contributed by atoms with Crippen molar-refractivity contribution in [1.29, 1.82) is 0 Å². The van der Waals surface area contributed by atoms with Crippen molar-refractivity contribution in [2.75, 3.05) is 25.1 Å². The Balaban J connectivity index is 1.62. The molecule has 0 unspecified atom stereocenters. The number of fused-ring (bicyclic) bond motifs is 1. The zero-order valence-corrected chi connectivity index (χ0v) is 21.5.